The number of likely N-dealkylation sites (N-methyl/N-ethyl adjacent to an activating group) is 1. The number of carbonyl (C=O) groups is 1. The van der Waals surface area contributed by atoms with Crippen LogP contribution in [0.3, 0.4) is 0 Å². The SMILES string of the molecule is COCCCNCC(=O)N(C)CCc1ccncc1. The number of nitrogens with one attached hydrogen (secondary N) is 1. The first-order valence-corrected chi connectivity index (χ1v) is 6.56. The number of pyridine rings is 1. The molecule has 0 aliphatic heterocycles. The Hall–Kier alpha value is -1.46. The summed E-state index contributed by atoms with van der Waals surface area (Å²) in [4.78, 5) is 17.5. The Balaban J connectivity index is 2.14. The number of ether oxygens (including phenoxy) is 1. The number of hydrogen-bond donors (Lipinski definition) is 1. The summed E-state index contributed by atoms with van der Waals surface area (Å²) in [6.07, 6.45) is 5.32. The van der Waals surface area contributed by atoms with Gasteiger partial charge in [-0.3, -0.25) is 9.78 Å². The highest BCUT2D eigenvalue weighted by molar-refractivity contribution is 5.77. The zero-order valence-electron chi connectivity index (χ0n) is 11.8. The average Bonchev–Trinajstić information content (AvgIpc) is 2.45. The van der Waals surface area contributed by atoms with Gasteiger partial charge in [0.25, 0.3) is 0 Å². The molecule has 1 rings (SSSR count). The lowest BCUT2D eigenvalue weighted by Gasteiger charge is -2.17. The lowest BCUT2D eigenvalue weighted by molar-refractivity contribution is -0.128. The summed E-state index contributed by atoms with van der Waals surface area (Å²) < 4.78 is 4.94. The standard InChI is InChI=1S/C14H23N3O2/c1-17(10-6-13-4-8-15-9-5-13)14(18)12-16-7-3-11-19-2/h4-5,8-9,16H,3,6-7,10-12H2,1-2H3. The number of amides is 1. The van der Waals surface area contributed by atoms with E-state index in [1.54, 1.807) is 24.4 Å². The maximum atomic E-state index is 11.8. The molecule has 0 bridgehead atoms. The van der Waals surface area contributed by atoms with Crippen molar-refractivity contribution in [1.29, 1.82) is 0 Å². The van der Waals surface area contributed by atoms with Crippen LogP contribution in [0.15, 0.2) is 24.5 Å². The summed E-state index contributed by atoms with van der Waals surface area (Å²) in [6, 6.07) is 3.95. The summed E-state index contributed by atoms with van der Waals surface area (Å²) >= 11 is 0. The lowest BCUT2D eigenvalue weighted by atomic mass is 10.2. The fraction of sp³-hybridized carbons (Fsp3) is 0.571. The number of nitrogens with zero attached hydrogens (tertiary/aromatic N) is 2. The van der Waals surface area contributed by atoms with Crippen LogP contribution in [0.4, 0.5) is 0 Å². The second-order valence-electron chi connectivity index (χ2n) is 4.44. The second kappa shape index (κ2) is 9.47. The van der Waals surface area contributed by atoms with E-state index in [9.17, 15) is 4.79 Å². The zero-order valence-corrected chi connectivity index (χ0v) is 11.8. The van der Waals surface area contributed by atoms with E-state index in [4.69, 9.17) is 4.74 Å². The highest BCUT2D eigenvalue weighted by Gasteiger charge is 2.07. The zero-order chi connectivity index (χ0) is 13.9. The van der Waals surface area contributed by atoms with Gasteiger partial charge in [-0.2, -0.15) is 0 Å². The third-order valence-electron chi connectivity index (χ3n) is 2.89. The fourth-order valence-electron chi connectivity index (χ4n) is 1.64. The summed E-state index contributed by atoms with van der Waals surface area (Å²) in [6.45, 7) is 2.63. The normalized spacial score (nSPS) is 10.4. The van der Waals surface area contributed by atoms with Crippen LogP contribution in [0.25, 0.3) is 0 Å². The van der Waals surface area contributed by atoms with Gasteiger partial charge in [-0.1, -0.05) is 0 Å². The van der Waals surface area contributed by atoms with Crippen molar-refractivity contribution in [3.05, 3.63) is 30.1 Å². The summed E-state index contributed by atoms with van der Waals surface area (Å²) in [5.41, 5.74) is 1.20. The third-order valence-corrected chi connectivity index (χ3v) is 2.89. The molecule has 1 aromatic heterocycles. The molecule has 0 spiro atoms. The molecule has 1 amide bonds. The highest BCUT2D eigenvalue weighted by atomic mass is 16.5. The Kier molecular flexibility index (Phi) is 7.77. The first-order chi connectivity index (χ1) is 9.24. The van der Waals surface area contributed by atoms with Gasteiger partial charge in [-0.05, 0) is 37.1 Å². The fourth-order valence-corrected chi connectivity index (χ4v) is 1.64. The molecule has 1 N–H and O–H groups in total. The summed E-state index contributed by atoms with van der Waals surface area (Å²) in [5.74, 6) is 0.117. The van der Waals surface area contributed by atoms with E-state index in [0.29, 0.717) is 6.54 Å². The van der Waals surface area contributed by atoms with Crippen LogP contribution in [-0.2, 0) is 16.0 Å². The van der Waals surface area contributed by atoms with Crippen molar-refractivity contribution >= 4 is 5.91 Å². The predicted molar refractivity (Wildman–Crippen MR) is 74.9 cm³/mol. The molecule has 0 radical (unpaired) electrons. The van der Waals surface area contributed by atoms with Crippen LogP contribution in [0.1, 0.15) is 12.0 Å². The van der Waals surface area contributed by atoms with Gasteiger partial charge in [0.1, 0.15) is 0 Å². The summed E-state index contributed by atoms with van der Waals surface area (Å²) in [5, 5.41) is 3.12. The molecule has 1 aromatic rings. The van der Waals surface area contributed by atoms with Gasteiger partial charge < -0.3 is 15.0 Å². The van der Waals surface area contributed by atoms with Gasteiger partial charge in [0.15, 0.2) is 0 Å². The third kappa shape index (κ3) is 6.88. The second-order valence-corrected chi connectivity index (χ2v) is 4.44. The molecule has 0 saturated heterocycles. The van der Waals surface area contributed by atoms with Crippen molar-refractivity contribution in [2.75, 3.05) is 40.4 Å². The van der Waals surface area contributed by atoms with Crippen molar-refractivity contribution < 1.29 is 9.53 Å². The number of rotatable bonds is 9. The van der Waals surface area contributed by atoms with E-state index in [2.05, 4.69) is 10.3 Å². The van der Waals surface area contributed by atoms with E-state index in [1.165, 1.54) is 5.56 Å². The van der Waals surface area contributed by atoms with Crippen LogP contribution in [0, 0.1) is 0 Å². The quantitative estimate of drug-likeness (QED) is 0.668. The number of aromatic nitrogens is 1. The van der Waals surface area contributed by atoms with Crippen molar-refractivity contribution in [3.8, 4) is 0 Å². The molecular formula is C14H23N3O2. The molecule has 0 aliphatic rings. The molecule has 5 heteroatoms. The monoisotopic (exact) mass is 265 g/mol. The molecule has 0 atom stereocenters. The van der Waals surface area contributed by atoms with Gasteiger partial charge >= 0.3 is 0 Å². The average molecular weight is 265 g/mol. The maximum absolute atomic E-state index is 11.8. The Morgan fingerprint density at radius 2 is 2.16 bits per heavy atom. The summed E-state index contributed by atoms with van der Waals surface area (Å²) in [7, 11) is 3.51. The molecule has 0 aliphatic carbocycles. The van der Waals surface area contributed by atoms with Crippen LogP contribution in [0.2, 0.25) is 0 Å². The highest BCUT2D eigenvalue weighted by Crippen LogP contribution is 1.98. The Bertz CT molecular complexity index is 357. The van der Waals surface area contributed by atoms with Gasteiger partial charge in [0.2, 0.25) is 5.91 Å². The first-order valence-electron chi connectivity index (χ1n) is 6.56. The minimum Gasteiger partial charge on any atom is -0.385 e. The predicted octanol–water partition coefficient (Wildman–Crippen LogP) is 0.709. The van der Waals surface area contributed by atoms with Crippen molar-refractivity contribution in [2.45, 2.75) is 12.8 Å². The van der Waals surface area contributed by atoms with E-state index >= 15 is 0 Å². The van der Waals surface area contributed by atoms with Crippen molar-refractivity contribution in [1.82, 2.24) is 15.2 Å². The molecule has 0 aromatic carbocycles. The van der Waals surface area contributed by atoms with E-state index in [1.807, 2.05) is 19.2 Å². The van der Waals surface area contributed by atoms with Gasteiger partial charge in [-0.15, -0.1) is 0 Å². The molecule has 0 unspecified atom stereocenters. The number of methoxy groups -OCH3 is 1. The first kappa shape index (κ1) is 15.6. The maximum Gasteiger partial charge on any atom is 0.236 e. The van der Waals surface area contributed by atoms with Crippen molar-refractivity contribution in [3.63, 3.8) is 0 Å². The Morgan fingerprint density at radius 1 is 1.42 bits per heavy atom. The molecular weight excluding hydrogens is 242 g/mol. The van der Waals surface area contributed by atoms with Gasteiger partial charge in [0, 0.05) is 39.7 Å². The number of carbonyl (C=O) groups excluding carboxylic acids is 1. The lowest BCUT2D eigenvalue weighted by Crippen LogP contribution is -2.37. The number of hydrogen-bond acceptors (Lipinski definition) is 4. The van der Waals surface area contributed by atoms with Crippen LogP contribution in [0.5, 0.6) is 0 Å². The molecule has 0 saturated carbocycles. The van der Waals surface area contributed by atoms with E-state index in [0.717, 1.165) is 32.5 Å². The topological polar surface area (TPSA) is 54.5 Å². The largest absolute Gasteiger partial charge is 0.385 e. The molecule has 19 heavy (non-hydrogen) atoms. The van der Waals surface area contributed by atoms with Crippen LogP contribution >= 0.6 is 0 Å². The van der Waals surface area contributed by atoms with E-state index < -0.39 is 0 Å². The minimum absolute atomic E-state index is 0.117. The molecule has 106 valence electrons. The van der Waals surface area contributed by atoms with Crippen LogP contribution in [-0.4, -0.2) is 56.2 Å². The van der Waals surface area contributed by atoms with Gasteiger partial charge in [0.05, 0.1) is 6.54 Å². The Labute approximate surface area is 115 Å². The minimum atomic E-state index is 0.117. The van der Waals surface area contributed by atoms with Crippen molar-refractivity contribution in [2.24, 2.45) is 0 Å². The Morgan fingerprint density at radius 3 is 2.84 bits per heavy atom. The van der Waals surface area contributed by atoms with Gasteiger partial charge in [-0.25, -0.2) is 0 Å². The molecule has 5 nitrogen and oxygen atoms in total. The molecule has 1 heterocycles. The smallest absolute Gasteiger partial charge is 0.236 e. The van der Waals surface area contributed by atoms with E-state index in [-0.39, 0.29) is 5.91 Å². The molecule has 0 fully saturated rings. The van der Waals surface area contributed by atoms with Crippen LogP contribution < -0.4 is 5.32 Å².